The summed E-state index contributed by atoms with van der Waals surface area (Å²) in [5.41, 5.74) is 0.418. The first-order valence-corrected chi connectivity index (χ1v) is 6.94. The molecule has 1 aromatic rings. The lowest BCUT2D eigenvalue weighted by Crippen LogP contribution is -2.50. The van der Waals surface area contributed by atoms with Crippen LogP contribution >= 0.6 is 0 Å². The lowest BCUT2D eigenvalue weighted by molar-refractivity contribution is -0.136. The molecule has 0 spiro atoms. The molecule has 0 radical (unpaired) electrons. The van der Waals surface area contributed by atoms with E-state index in [-0.39, 0.29) is 11.8 Å². The van der Waals surface area contributed by atoms with Crippen molar-refractivity contribution in [1.29, 1.82) is 0 Å². The van der Waals surface area contributed by atoms with Gasteiger partial charge in [0.15, 0.2) is 0 Å². The molecule has 1 aliphatic rings. The molecule has 0 aliphatic carbocycles. The van der Waals surface area contributed by atoms with Crippen LogP contribution in [-0.2, 0) is 9.53 Å². The maximum Gasteiger partial charge on any atom is 0.255 e. The van der Waals surface area contributed by atoms with E-state index in [1.807, 2.05) is 0 Å². The maximum absolute atomic E-state index is 12.2. The summed E-state index contributed by atoms with van der Waals surface area (Å²) in [6.45, 7) is 3.89. The number of ether oxygens (including phenoxy) is 2. The van der Waals surface area contributed by atoms with Crippen molar-refractivity contribution >= 4 is 11.8 Å². The molecule has 21 heavy (non-hydrogen) atoms. The Morgan fingerprint density at radius 1 is 1.29 bits per heavy atom. The second-order valence-corrected chi connectivity index (χ2v) is 4.83. The van der Waals surface area contributed by atoms with E-state index in [1.165, 1.54) is 7.11 Å². The van der Waals surface area contributed by atoms with E-state index in [0.717, 1.165) is 0 Å². The highest BCUT2D eigenvalue weighted by atomic mass is 16.5. The van der Waals surface area contributed by atoms with Crippen molar-refractivity contribution in [3.63, 3.8) is 0 Å². The number of hydrogen-bond donors (Lipinski definition) is 1. The molecule has 1 saturated heterocycles. The van der Waals surface area contributed by atoms with Gasteiger partial charge in [-0.15, -0.1) is 0 Å². The van der Waals surface area contributed by atoms with Crippen LogP contribution in [0.2, 0.25) is 0 Å². The Kier molecular flexibility index (Phi) is 5.16. The number of carbonyl (C=O) groups is 2. The minimum Gasteiger partial charge on any atom is -0.496 e. The van der Waals surface area contributed by atoms with Gasteiger partial charge in [-0.1, -0.05) is 12.1 Å². The molecule has 0 saturated carbocycles. The number of nitrogens with one attached hydrogen (secondary N) is 1. The largest absolute Gasteiger partial charge is 0.496 e. The predicted molar refractivity (Wildman–Crippen MR) is 77.3 cm³/mol. The highest BCUT2D eigenvalue weighted by molar-refractivity contribution is 5.99. The van der Waals surface area contributed by atoms with Gasteiger partial charge in [-0.05, 0) is 19.1 Å². The fourth-order valence-electron chi connectivity index (χ4n) is 2.23. The van der Waals surface area contributed by atoms with Crippen molar-refractivity contribution in [2.45, 2.75) is 13.0 Å². The normalized spacial score (nSPS) is 16.2. The molecule has 0 unspecified atom stereocenters. The SMILES string of the molecule is COc1ccccc1C(=O)N[C@@H](C)C(=O)N1CCOCC1. The third-order valence-corrected chi connectivity index (χ3v) is 3.39. The zero-order valence-corrected chi connectivity index (χ0v) is 12.3. The first-order valence-electron chi connectivity index (χ1n) is 6.94. The molecule has 1 aromatic carbocycles. The van der Waals surface area contributed by atoms with Crippen LogP contribution in [-0.4, -0.2) is 56.2 Å². The lowest BCUT2D eigenvalue weighted by Gasteiger charge is -2.29. The molecule has 2 amide bonds. The van der Waals surface area contributed by atoms with E-state index >= 15 is 0 Å². The number of morpholine rings is 1. The number of methoxy groups -OCH3 is 1. The Balaban J connectivity index is 1.99. The van der Waals surface area contributed by atoms with Gasteiger partial charge in [-0.2, -0.15) is 0 Å². The van der Waals surface area contributed by atoms with Gasteiger partial charge in [-0.3, -0.25) is 9.59 Å². The van der Waals surface area contributed by atoms with E-state index in [2.05, 4.69) is 5.32 Å². The maximum atomic E-state index is 12.2. The smallest absolute Gasteiger partial charge is 0.255 e. The molecule has 1 heterocycles. The van der Waals surface area contributed by atoms with Crippen LogP contribution in [0.15, 0.2) is 24.3 Å². The van der Waals surface area contributed by atoms with Crippen LogP contribution in [0.5, 0.6) is 5.75 Å². The van der Waals surface area contributed by atoms with E-state index in [0.29, 0.717) is 37.6 Å². The second kappa shape index (κ2) is 7.08. The van der Waals surface area contributed by atoms with Crippen LogP contribution in [0.25, 0.3) is 0 Å². The van der Waals surface area contributed by atoms with Gasteiger partial charge in [0.05, 0.1) is 25.9 Å². The van der Waals surface area contributed by atoms with Crippen LogP contribution in [0, 0.1) is 0 Å². The highest BCUT2D eigenvalue weighted by Crippen LogP contribution is 2.17. The Bertz CT molecular complexity index is 512. The highest BCUT2D eigenvalue weighted by Gasteiger charge is 2.24. The molecule has 1 atom stereocenters. The van der Waals surface area contributed by atoms with Gasteiger partial charge in [0, 0.05) is 13.1 Å². The van der Waals surface area contributed by atoms with Crippen LogP contribution in [0.3, 0.4) is 0 Å². The number of nitrogens with zero attached hydrogens (tertiary/aromatic N) is 1. The molecule has 114 valence electrons. The monoisotopic (exact) mass is 292 g/mol. The molecule has 1 fully saturated rings. The molecular formula is C15H20N2O4. The Morgan fingerprint density at radius 2 is 1.95 bits per heavy atom. The van der Waals surface area contributed by atoms with Gasteiger partial charge in [-0.25, -0.2) is 0 Å². The third-order valence-electron chi connectivity index (χ3n) is 3.39. The van der Waals surface area contributed by atoms with Gasteiger partial charge in [0.1, 0.15) is 11.8 Å². The van der Waals surface area contributed by atoms with Crippen molar-refractivity contribution in [2.24, 2.45) is 0 Å². The zero-order chi connectivity index (χ0) is 15.2. The van der Waals surface area contributed by atoms with E-state index < -0.39 is 6.04 Å². The predicted octanol–water partition coefficient (Wildman–Crippen LogP) is 0.672. The molecule has 1 N–H and O–H groups in total. The summed E-state index contributed by atoms with van der Waals surface area (Å²) in [6.07, 6.45) is 0. The average Bonchev–Trinajstić information content (AvgIpc) is 2.54. The minimum absolute atomic E-state index is 0.0958. The molecule has 2 rings (SSSR count). The Hall–Kier alpha value is -2.08. The van der Waals surface area contributed by atoms with Gasteiger partial charge < -0.3 is 19.7 Å². The van der Waals surface area contributed by atoms with Gasteiger partial charge in [0.25, 0.3) is 5.91 Å². The van der Waals surface area contributed by atoms with Crippen molar-refractivity contribution < 1.29 is 19.1 Å². The first kappa shape index (κ1) is 15.3. The molecule has 6 nitrogen and oxygen atoms in total. The van der Waals surface area contributed by atoms with Crippen molar-refractivity contribution in [1.82, 2.24) is 10.2 Å². The standard InChI is InChI=1S/C15H20N2O4/c1-11(15(19)17-7-9-21-10-8-17)16-14(18)12-5-3-4-6-13(12)20-2/h3-6,11H,7-10H2,1-2H3,(H,16,18)/t11-/m0/s1. The fraction of sp³-hybridized carbons (Fsp3) is 0.467. The molecular weight excluding hydrogens is 272 g/mol. The quantitative estimate of drug-likeness (QED) is 0.886. The number of rotatable bonds is 4. The summed E-state index contributed by atoms with van der Waals surface area (Å²) in [5, 5.41) is 2.72. The van der Waals surface area contributed by atoms with Crippen LogP contribution in [0.4, 0.5) is 0 Å². The van der Waals surface area contributed by atoms with Gasteiger partial charge >= 0.3 is 0 Å². The third kappa shape index (κ3) is 3.72. The molecule has 6 heteroatoms. The summed E-state index contributed by atoms with van der Waals surface area (Å²) >= 11 is 0. The Morgan fingerprint density at radius 3 is 2.62 bits per heavy atom. The zero-order valence-electron chi connectivity index (χ0n) is 12.3. The van der Waals surface area contributed by atoms with Crippen molar-refractivity contribution in [3.8, 4) is 5.75 Å². The van der Waals surface area contributed by atoms with E-state index in [4.69, 9.17) is 9.47 Å². The summed E-state index contributed by atoms with van der Waals surface area (Å²) in [6, 6.07) is 6.34. The lowest BCUT2D eigenvalue weighted by atomic mass is 10.1. The molecule has 0 aromatic heterocycles. The molecule has 0 bridgehead atoms. The van der Waals surface area contributed by atoms with Crippen molar-refractivity contribution in [3.05, 3.63) is 29.8 Å². The minimum atomic E-state index is -0.583. The molecule has 1 aliphatic heterocycles. The summed E-state index contributed by atoms with van der Waals surface area (Å²) < 4.78 is 10.4. The number of benzene rings is 1. The van der Waals surface area contributed by atoms with Crippen molar-refractivity contribution in [2.75, 3.05) is 33.4 Å². The average molecular weight is 292 g/mol. The van der Waals surface area contributed by atoms with Gasteiger partial charge in [0.2, 0.25) is 5.91 Å². The van der Waals surface area contributed by atoms with E-state index in [1.54, 1.807) is 36.1 Å². The van der Waals surface area contributed by atoms with Crippen LogP contribution < -0.4 is 10.1 Å². The van der Waals surface area contributed by atoms with E-state index in [9.17, 15) is 9.59 Å². The second-order valence-electron chi connectivity index (χ2n) is 4.83. The summed E-state index contributed by atoms with van der Waals surface area (Å²) in [7, 11) is 1.51. The fourth-order valence-corrected chi connectivity index (χ4v) is 2.23. The first-order chi connectivity index (χ1) is 10.1. The number of para-hydroxylation sites is 1. The number of amides is 2. The number of carbonyl (C=O) groups excluding carboxylic acids is 2. The summed E-state index contributed by atoms with van der Waals surface area (Å²) in [4.78, 5) is 26.2. The number of hydrogen-bond acceptors (Lipinski definition) is 4. The Labute approximate surface area is 124 Å². The topological polar surface area (TPSA) is 67.9 Å². The summed E-state index contributed by atoms with van der Waals surface area (Å²) in [5.74, 6) is 0.0733. The van der Waals surface area contributed by atoms with Crippen LogP contribution in [0.1, 0.15) is 17.3 Å².